The van der Waals surface area contributed by atoms with Crippen molar-refractivity contribution in [2.24, 2.45) is 0 Å². The van der Waals surface area contributed by atoms with Crippen molar-refractivity contribution in [3.63, 3.8) is 0 Å². The maximum atomic E-state index is 5.94. The van der Waals surface area contributed by atoms with Crippen LogP contribution in [0.25, 0.3) is 11.0 Å². The monoisotopic (exact) mass is 300 g/mol. The molecular weight excluding hydrogens is 276 g/mol. The molecule has 1 aromatic carbocycles. The van der Waals surface area contributed by atoms with Crippen LogP contribution in [-0.2, 0) is 10.4 Å². The Kier molecular flexibility index (Phi) is 3.42. The molecule has 0 N–H and O–H groups in total. The molecule has 1 saturated carbocycles. The fraction of sp³-hybridized carbons (Fsp3) is 0.647. The SMILES string of the molecule is CC1CN(C2(n3nnc4ccccc43)CCCC2)CC(C)O1. The Morgan fingerprint density at radius 2 is 1.77 bits per heavy atom. The minimum atomic E-state index is -0.0254. The number of hydrogen-bond acceptors (Lipinski definition) is 4. The lowest BCUT2D eigenvalue weighted by Crippen LogP contribution is -2.57. The van der Waals surface area contributed by atoms with Crippen LogP contribution in [0.15, 0.2) is 24.3 Å². The van der Waals surface area contributed by atoms with Crippen LogP contribution in [0, 0.1) is 0 Å². The number of hydrogen-bond donors (Lipinski definition) is 0. The van der Waals surface area contributed by atoms with Crippen LogP contribution in [0.5, 0.6) is 0 Å². The molecule has 0 spiro atoms. The van der Waals surface area contributed by atoms with Gasteiger partial charge in [-0.05, 0) is 51.7 Å². The third kappa shape index (κ3) is 2.15. The van der Waals surface area contributed by atoms with Crippen molar-refractivity contribution in [1.29, 1.82) is 0 Å². The molecule has 2 aliphatic rings. The molecule has 0 bridgehead atoms. The van der Waals surface area contributed by atoms with E-state index in [2.05, 4.69) is 45.9 Å². The van der Waals surface area contributed by atoms with Gasteiger partial charge in [-0.25, -0.2) is 4.68 Å². The lowest BCUT2D eigenvalue weighted by atomic mass is 10.0. The van der Waals surface area contributed by atoms with Crippen molar-refractivity contribution in [3.8, 4) is 0 Å². The van der Waals surface area contributed by atoms with Crippen LogP contribution in [0.4, 0.5) is 0 Å². The average molecular weight is 300 g/mol. The van der Waals surface area contributed by atoms with Crippen LogP contribution < -0.4 is 0 Å². The van der Waals surface area contributed by atoms with Crippen molar-refractivity contribution >= 4 is 11.0 Å². The quantitative estimate of drug-likeness (QED) is 0.855. The Labute approximate surface area is 131 Å². The molecule has 1 aromatic heterocycles. The zero-order valence-corrected chi connectivity index (χ0v) is 13.4. The highest BCUT2D eigenvalue weighted by molar-refractivity contribution is 5.74. The smallest absolute Gasteiger partial charge is 0.117 e. The fourth-order valence-corrected chi connectivity index (χ4v) is 4.30. The summed E-state index contributed by atoms with van der Waals surface area (Å²) < 4.78 is 8.13. The molecule has 5 nitrogen and oxygen atoms in total. The highest BCUT2D eigenvalue weighted by atomic mass is 16.5. The molecule has 2 heterocycles. The normalized spacial score (nSPS) is 29.2. The van der Waals surface area contributed by atoms with E-state index in [1.54, 1.807) is 0 Å². The summed E-state index contributed by atoms with van der Waals surface area (Å²) in [6, 6.07) is 8.30. The highest BCUT2D eigenvalue weighted by Gasteiger charge is 2.45. The van der Waals surface area contributed by atoms with E-state index >= 15 is 0 Å². The number of fused-ring (bicyclic) bond motifs is 1. The molecule has 1 saturated heterocycles. The second-order valence-corrected chi connectivity index (χ2v) is 6.84. The van der Waals surface area contributed by atoms with E-state index in [0.717, 1.165) is 37.0 Å². The average Bonchev–Trinajstić information content (AvgIpc) is 3.13. The van der Waals surface area contributed by atoms with Gasteiger partial charge in [0.1, 0.15) is 11.2 Å². The van der Waals surface area contributed by atoms with Crippen molar-refractivity contribution < 1.29 is 4.74 Å². The zero-order valence-electron chi connectivity index (χ0n) is 13.4. The summed E-state index contributed by atoms with van der Waals surface area (Å²) in [5, 5.41) is 8.96. The van der Waals surface area contributed by atoms with Crippen LogP contribution >= 0.6 is 0 Å². The first kappa shape index (κ1) is 14.2. The first-order chi connectivity index (χ1) is 10.7. The Bertz CT molecular complexity index is 651. The summed E-state index contributed by atoms with van der Waals surface area (Å²) in [7, 11) is 0. The summed E-state index contributed by atoms with van der Waals surface area (Å²) in [4.78, 5) is 2.60. The fourth-order valence-electron chi connectivity index (χ4n) is 4.30. The molecule has 4 rings (SSSR count). The van der Waals surface area contributed by atoms with Gasteiger partial charge >= 0.3 is 0 Å². The topological polar surface area (TPSA) is 43.2 Å². The number of ether oxygens (including phenoxy) is 1. The largest absolute Gasteiger partial charge is 0.373 e. The lowest BCUT2D eigenvalue weighted by Gasteiger charge is -2.46. The van der Waals surface area contributed by atoms with E-state index in [9.17, 15) is 0 Å². The van der Waals surface area contributed by atoms with E-state index in [0.29, 0.717) is 0 Å². The third-order valence-electron chi connectivity index (χ3n) is 5.16. The van der Waals surface area contributed by atoms with Crippen molar-refractivity contribution in [3.05, 3.63) is 24.3 Å². The van der Waals surface area contributed by atoms with E-state index in [4.69, 9.17) is 4.74 Å². The Hall–Kier alpha value is -1.46. The van der Waals surface area contributed by atoms with Gasteiger partial charge in [-0.15, -0.1) is 5.10 Å². The molecule has 22 heavy (non-hydrogen) atoms. The molecule has 2 atom stereocenters. The van der Waals surface area contributed by atoms with Crippen molar-refractivity contribution in [2.45, 2.75) is 57.4 Å². The maximum Gasteiger partial charge on any atom is 0.117 e. The predicted molar refractivity (Wildman–Crippen MR) is 85.6 cm³/mol. The number of benzene rings is 1. The summed E-state index contributed by atoms with van der Waals surface area (Å²) >= 11 is 0. The summed E-state index contributed by atoms with van der Waals surface area (Å²) in [5.41, 5.74) is 2.11. The van der Waals surface area contributed by atoms with Gasteiger partial charge < -0.3 is 4.74 Å². The van der Waals surface area contributed by atoms with Gasteiger partial charge in [0.15, 0.2) is 0 Å². The highest BCUT2D eigenvalue weighted by Crippen LogP contribution is 2.42. The van der Waals surface area contributed by atoms with Gasteiger partial charge in [0.05, 0.1) is 17.7 Å². The molecule has 0 amide bonds. The molecule has 2 unspecified atom stereocenters. The molecule has 2 aromatic rings. The van der Waals surface area contributed by atoms with E-state index < -0.39 is 0 Å². The van der Waals surface area contributed by atoms with Gasteiger partial charge in [-0.2, -0.15) is 0 Å². The summed E-state index contributed by atoms with van der Waals surface area (Å²) in [6.45, 7) is 6.28. The van der Waals surface area contributed by atoms with Gasteiger partial charge in [0.2, 0.25) is 0 Å². The Balaban J connectivity index is 1.79. The van der Waals surface area contributed by atoms with E-state index in [-0.39, 0.29) is 17.9 Å². The van der Waals surface area contributed by atoms with Crippen LogP contribution in [0.2, 0.25) is 0 Å². The summed E-state index contributed by atoms with van der Waals surface area (Å²) in [5.74, 6) is 0. The number of nitrogens with zero attached hydrogens (tertiary/aromatic N) is 4. The van der Waals surface area contributed by atoms with Crippen LogP contribution in [0.1, 0.15) is 39.5 Å². The molecule has 5 heteroatoms. The molecule has 1 aliphatic carbocycles. The number of morpholine rings is 1. The lowest BCUT2D eigenvalue weighted by molar-refractivity contribution is -0.124. The second kappa shape index (κ2) is 5.32. The van der Waals surface area contributed by atoms with Crippen molar-refractivity contribution in [2.75, 3.05) is 13.1 Å². The second-order valence-electron chi connectivity index (χ2n) is 6.84. The molecule has 0 radical (unpaired) electrons. The van der Waals surface area contributed by atoms with E-state index in [1.807, 2.05) is 12.1 Å². The predicted octanol–water partition coefficient (Wildman–Crippen LogP) is 2.77. The number of para-hydroxylation sites is 1. The summed E-state index contributed by atoms with van der Waals surface area (Å²) in [6.07, 6.45) is 5.37. The van der Waals surface area contributed by atoms with Crippen LogP contribution in [-0.4, -0.2) is 45.2 Å². The van der Waals surface area contributed by atoms with Gasteiger partial charge in [-0.1, -0.05) is 17.3 Å². The maximum absolute atomic E-state index is 5.94. The van der Waals surface area contributed by atoms with Crippen LogP contribution in [0.3, 0.4) is 0 Å². The molecule has 118 valence electrons. The zero-order chi connectivity index (χ0) is 15.2. The molecule has 1 aliphatic heterocycles. The van der Waals surface area contributed by atoms with Gasteiger partial charge in [0, 0.05) is 13.1 Å². The molecule has 2 fully saturated rings. The first-order valence-corrected chi connectivity index (χ1v) is 8.40. The number of rotatable bonds is 2. The first-order valence-electron chi connectivity index (χ1n) is 8.40. The van der Waals surface area contributed by atoms with Crippen molar-refractivity contribution in [1.82, 2.24) is 19.9 Å². The van der Waals surface area contributed by atoms with E-state index in [1.165, 1.54) is 12.8 Å². The Morgan fingerprint density at radius 3 is 2.50 bits per heavy atom. The third-order valence-corrected chi connectivity index (χ3v) is 5.16. The van der Waals surface area contributed by atoms with Gasteiger partial charge in [0.25, 0.3) is 0 Å². The minimum absolute atomic E-state index is 0.0254. The molecular formula is C17H24N4O. The van der Waals surface area contributed by atoms with Gasteiger partial charge in [-0.3, -0.25) is 4.90 Å². The minimum Gasteiger partial charge on any atom is -0.373 e. The number of aromatic nitrogens is 3. The standard InChI is InChI=1S/C17H24N4O/c1-13-11-20(12-14(2)22-13)17(9-5-6-10-17)21-16-8-4-3-7-15(16)18-19-21/h3-4,7-8,13-14H,5-6,9-12H2,1-2H3. The Morgan fingerprint density at radius 1 is 1.09 bits per heavy atom.